The largest absolute Gasteiger partial charge is 0.549 e. The van der Waals surface area contributed by atoms with Gasteiger partial charge in [0.15, 0.2) is 0 Å². The fourth-order valence-corrected chi connectivity index (χ4v) is 2.66. The molecule has 0 unspecified atom stereocenters. The molecule has 1 saturated heterocycles. The molecule has 26 heavy (non-hydrogen) atoms. The second kappa shape index (κ2) is 13.7. The van der Waals surface area contributed by atoms with Crippen molar-refractivity contribution in [3.63, 3.8) is 0 Å². The van der Waals surface area contributed by atoms with Crippen molar-refractivity contribution in [2.24, 2.45) is 0 Å². The van der Waals surface area contributed by atoms with Crippen LogP contribution in [-0.2, 0) is 14.4 Å². The van der Waals surface area contributed by atoms with E-state index in [9.17, 15) is 29.7 Å². The van der Waals surface area contributed by atoms with Crippen LogP contribution in [0.25, 0.3) is 0 Å². The molecule has 0 aromatic rings. The Morgan fingerprint density at radius 1 is 0.615 bits per heavy atom. The van der Waals surface area contributed by atoms with Crippen molar-refractivity contribution >= 4 is 17.9 Å². The van der Waals surface area contributed by atoms with Crippen molar-refractivity contribution in [3.05, 3.63) is 0 Å². The molecule has 0 saturated carbocycles. The van der Waals surface area contributed by atoms with Crippen LogP contribution in [-0.4, -0.2) is 117 Å². The zero-order valence-electron chi connectivity index (χ0n) is 14.9. The predicted octanol–water partition coefficient (Wildman–Crippen LogP) is -5.91. The Hall–Kier alpha value is -0.425. The molecule has 0 aromatic carbocycles. The van der Waals surface area contributed by atoms with Gasteiger partial charge in [0.05, 0.1) is 17.9 Å². The van der Waals surface area contributed by atoms with Crippen LogP contribution in [0.15, 0.2) is 0 Å². The van der Waals surface area contributed by atoms with Crippen molar-refractivity contribution in [2.75, 3.05) is 79.0 Å². The molecule has 10 nitrogen and oxygen atoms in total. The quantitative estimate of drug-likeness (QED) is 0.337. The summed E-state index contributed by atoms with van der Waals surface area (Å²) in [6.07, 6.45) is 0. The Morgan fingerprint density at radius 3 is 1.08 bits per heavy atom. The molecule has 1 heterocycles. The molecule has 152 valence electrons. The van der Waals surface area contributed by atoms with Crippen LogP contribution in [0.4, 0.5) is 0 Å². The molecule has 1 aliphatic heterocycles. The Bertz CT molecular complexity index is 435. The van der Waals surface area contributed by atoms with Gasteiger partial charge >= 0.3 is 0 Å². The molecular formula is C15H25GdN4O6-3. The maximum absolute atomic E-state index is 10.9. The summed E-state index contributed by atoms with van der Waals surface area (Å²) in [5, 5.41) is 32.7. The minimum atomic E-state index is -1.23. The van der Waals surface area contributed by atoms with E-state index >= 15 is 0 Å². The zero-order chi connectivity index (χ0) is 18.8. The third-order valence-electron chi connectivity index (χ3n) is 4.12. The number of nitrogens with zero attached hydrogens (tertiary/aromatic N) is 4. The van der Waals surface area contributed by atoms with Crippen molar-refractivity contribution < 1.29 is 69.6 Å². The van der Waals surface area contributed by atoms with Crippen LogP contribution in [0.5, 0.6) is 0 Å². The third kappa shape index (κ3) is 12.1. The minimum Gasteiger partial charge on any atom is -0.549 e. The Labute approximate surface area is 185 Å². The smallest absolute Gasteiger partial charge is 0.0555 e. The summed E-state index contributed by atoms with van der Waals surface area (Å²) in [5.74, 6) is -3.59. The second-order valence-electron chi connectivity index (χ2n) is 6.25. The molecule has 0 amide bonds. The van der Waals surface area contributed by atoms with E-state index in [2.05, 4.69) is 0 Å². The van der Waals surface area contributed by atoms with Crippen LogP contribution in [0.3, 0.4) is 0 Å². The normalized spacial score (nSPS) is 19.7. The molecule has 0 radical (unpaired) electrons. The van der Waals surface area contributed by atoms with Crippen molar-refractivity contribution in [1.82, 2.24) is 19.6 Å². The molecule has 0 N–H and O–H groups in total. The van der Waals surface area contributed by atoms with Gasteiger partial charge in [0.2, 0.25) is 0 Å². The summed E-state index contributed by atoms with van der Waals surface area (Å²) in [5.41, 5.74) is 0. The van der Waals surface area contributed by atoms with E-state index in [0.717, 1.165) is 0 Å². The molecule has 0 aromatic heterocycles. The zero-order valence-corrected chi connectivity index (χ0v) is 17.1. The number of carbonyl (C=O) groups is 3. The van der Waals surface area contributed by atoms with Crippen LogP contribution < -0.4 is 15.3 Å². The Balaban J connectivity index is 0.00000625. The van der Waals surface area contributed by atoms with E-state index < -0.39 is 17.9 Å². The number of hydrogen-bond acceptors (Lipinski definition) is 10. The van der Waals surface area contributed by atoms with Gasteiger partial charge < -0.3 is 34.6 Å². The Kier molecular flexibility index (Phi) is 13.5. The van der Waals surface area contributed by atoms with E-state index in [4.69, 9.17) is 0 Å². The van der Waals surface area contributed by atoms with Crippen molar-refractivity contribution in [1.29, 1.82) is 0 Å². The molecule has 1 aliphatic rings. The predicted molar refractivity (Wildman–Crippen MR) is 81.8 cm³/mol. The van der Waals surface area contributed by atoms with E-state index in [0.29, 0.717) is 52.4 Å². The Morgan fingerprint density at radius 2 is 0.846 bits per heavy atom. The van der Waals surface area contributed by atoms with E-state index in [1.54, 1.807) is 14.7 Å². The first-order valence-corrected chi connectivity index (χ1v) is 8.21. The van der Waals surface area contributed by atoms with E-state index in [1.807, 2.05) is 11.9 Å². The molecule has 11 heteroatoms. The fraction of sp³-hybridized carbons (Fsp3) is 0.800. The van der Waals surface area contributed by atoms with Crippen molar-refractivity contribution in [2.45, 2.75) is 0 Å². The van der Waals surface area contributed by atoms with Gasteiger partial charge in [-0.05, 0) is 7.05 Å². The van der Waals surface area contributed by atoms with Gasteiger partial charge in [0.1, 0.15) is 0 Å². The maximum atomic E-state index is 10.9. The average molecular weight is 515 g/mol. The summed E-state index contributed by atoms with van der Waals surface area (Å²) < 4.78 is 0. The van der Waals surface area contributed by atoms with Gasteiger partial charge in [-0.2, -0.15) is 0 Å². The standard InChI is InChI=1S/C15H28N4O6.Gd/c1-16-2-4-17(10-13(20)21)6-8-19(12-15(24)25)9-7-18(5-3-16)11-14(22)23;/h2-12H2,1H3,(H,20,21)(H,22,23)(H,24,25);/p-3. The third-order valence-corrected chi connectivity index (χ3v) is 4.12. The van der Waals surface area contributed by atoms with Crippen LogP contribution >= 0.6 is 0 Å². The van der Waals surface area contributed by atoms with Gasteiger partial charge in [-0.15, -0.1) is 0 Å². The SMILES string of the molecule is CN1CCN(CC(=O)[O-])CCN(CC(=O)[O-])CCN(CC(=O)[O-])CC1.[Gd]. The van der Waals surface area contributed by atoms with E-state index in [-0.39, 0.29) is 59.6 Å². The molecule has 0 aliphatic carbocycles. The van der Waals surface area contributed by atoms with E-state index in [1.165, 1.54) is 0 Å². The second-order valence-corrected chi connectivity index (χ2v) is 6.25. The van der Waals surface area contributed by atoms with Gasteiger partial charge in [0, 0.05) is 112 Å². The first-order valence-electron chi connectivity index (χ1n) is 8.21. The van der Waals surface area contributed by atoms with Gasteiger partial charge in [-0.3, -0.25) is 14.7 Å². The van der Waals surface area contributed by atoms with Gasteiger partial charge in [-0.1, -0.05) is 0 Å². The van der Waals surface area contributed by atoms with Crippen LogP contribution in [0.2, 0.25) is 0 Å². The molecule has 0 bridgehead atoms. The number of rotatable bonds is 6. The summed E-state index contributed by atoms with van der Waals surface area (Å²) >= 11 is 0. The number of likely N-dealkylation sites (N-methyl/N-ethyl adjacent to an activating group) is 1. The number of hydrogen-bond donors (Lipinski definition) is 0. The number of carboxylic acid groups (broad SMARTS) is 3. The average Bonchev–Trinajstić information content (AvgIpc) is 2.49. The molecule has 1 fully saturated rings. The monoisotopic (exact) mass is 515 g/mol. The first kappa shape index (κ1) is 25.6. The minimum absolute atomic E-state index is 0. The molecule has 0 atom stereocenters. The molecular weight excluding hydrogens is 489 g/mol. The number of carboxylic acids is 3. The van der Waals surface area contributed by atoms with Gasteiger partial charge in [0.25, 0.3) is 0 Å². The summed E-state index contributed by atoms with van der Waals surface area (Å²) in [6.45, 7) is 2.87. The topological polar surface area (TPSA) is 133 Å². The van der Waals surface area contributed by atoms with Crippen LogP contribution in [0, 0.1) is 39.9 Å². The first-order chi connectivity index (χ1) is 11.8. The maximum Gasteiger partial charge on any atom is 0.0555 e. The molecule has 1 rings (SSSR count). The number of aliphatic carboxylic acids is 3. The van der Waals surface area contributed by atoms with Gasteiger partial charge in [-0.25, -0.2) is 0 Å². The fourth-order valence-electron chi connectivity index (χ4n) is 2.66. The summed E-state index contributed by atoms with van der Waals surface area (Å²) in [6, 6.07) is 0. The number of carbonyl (C=O) groups excluding carboxylic acids is 3. The summed E-state index contributed by atoms with van der Waals surface area (Å²) in [4.78, 5) is 39.7. The summed E-state index contributed by atoms with van der Waals surface area (Å²) in [7, 11) is 1.88. The van der Waals surface area contributed by atoms with Crippen LogP contribution in [0.1, 0.15) is 0 Å². The van der Waals surface area contributed by atoms with Crippen molar-refractivity contribution in [3.8, 4) is 0 Å². The molecule has 0 spiro atoms.